The third-order valence-corrected chi connectivity index (χ3v) is 3.85. The first kappa shape index (κ1) is 14.9. The van der Waals surface area contributed by atoms with Gasteiger partial charge in [0, 0.05) is 12.1 Å². The summed E-state index contributed by atoms with van der Waals surface area (Å²) in [6, 6.07) is 7.75. The summed E-state index contributed by atoms with van der Waals surface area (Å²) in [5.41, 5.74) is 7.37. The normalized spacial score (nSPS) is 18.9. The number of rotatable bonds is 4. The van der Waals surface area contributed by atoms with Crippen LogP contribution in [0.3, 0.4) is 0 Å². The number of nitrogens with zero attached hydrogens (tertiary/aromatic N) is 1. The highest BCUT2D eigenvalue weighted by atomic mass is 32.1. The minimum atomic E-state index is 0.156. The highest BCUT2D eigenvalue weighted by Crippen LogP contribution is 2.13. The molecule has 0 bridgehead atoms. The van der Waals surface area contributed by atoms with Gasteiger partial charge in [-0.1, -0.05) is 43.4 Å². The quantitative estimate of drug-likeness (QED) is 0.855. The second-order valence-electron chi connectivity index (χ2n) is 4.96. The maximum Gasteiger partial charge on any atom is 0.227 e. The van der Waals surface area contributed by atoms with E-state index >= 15 is 0 Å². The van der Waals surface area contributed by atoms with Gasteiger partial charge in [0.15, 0.2) is 0 Å². The SMILES string of the molecule is CCC1COCCN1C(=O)Cc1ccc(C(N)=S)cc1. The lowest BCUT2D eigenvalue weighted by molar-refractivity contribution is -0.139. The van der Waals surface area contributed by atoms with Crippen molar-refractivity contribution in [2.24, 2.45) is 5.73 Å². The maximum absolute atomic E-state index is 12.4. The number of ether oxygens (including phenoxy) is 1. The van der Waals surface area contributed by atoms with E-state index in [0.29, 0.717) is 31.2 Å². The maximum atomic E-state index is 12.4. The molecule has 20 heavy (non-hydrogen) atoms. The monoisotopic (exact) mass is 292 g/mol. The largest absolute Gasteiger partial charge is 0.389 e. The summed E-state index contributed by atoms with van der Waals surface area (Å²) in [4.78, 5) is 14.7. The highest BCUT2D eigenvalue weighted by molar-refractivity contribution is 7.80. The van der Waals surface area contributed by atoms with E-state index in [1.165, 1.54) is 0 Å². The Bertz CT molecular complexity index is 487. The van der Waals surface area contributed by atoms with Gasteiger partial charge in [-0.3, -0.25) is 4.79 Å². The van der Waals surface area contributed by atoms with E-state index < -0.39 is 0 Å². The lowest BCUT2D eigenvalue weighted by Gasteiger charge is -2.35. The zero-order chi connectivity index (χ0) is 14.5. The Kier molecular flexibility index (Phi) is 5.09. The molecule has 2 N–H and O–H groups in total. The van der Waals surface area contributed by atoms with E-state index in [-0.39, 0.29) is 11.9 Å². The molecule has 1 amide bonds. The molecule has 108 valence electrons. The Morgan fingerprint density at radius 2 is 2.15 bits per heavy atom. The number of amides is 1. The second-order valence-corrected chi connectivity index (χ2v) is 5.40. The molecule has 0 spiro atoms. The summed E-state index contributed by atoms with van der Waals surface area (Å²) in [6.07, 6.45) is 1.33. The molecule has 1 heterocycles. The van der Waals surface area contributed by atoms with Crippen LogP contribution >= 0.6 is 12.2 Å². The molecule has 5 heteroatoms. The standard InChI is InChI=1S/C15H20N2O2S/c1-2-13-10-19-8-7-17(13)14(18)9-11-3-5-12(6-4-11)15(16)20/h3-6,13H,2,7-10H2,1H3,(H2,16,20). The molecule has 1 fully saturated rings. The molecule has 0 saturated carbocycles. The second kappa shape index (κ2) is 6.81. The summed E-state index contributed by atoms with van der Waals surface area (Å²) in [5.74, 6) is 0.156. The van der Waals surface area contributed by atoms with Crippen LogP contribution in [0.5, 0.6) is 0 Å². The van der Waals surface area contributed by atoms with Crippen molar-refractivity contribution >= 4 is 23.1 Å². The van der Waals surface area contributed by atoms with Crippen molar-refractivity contribution < 1.29 is 9.53 Å². The zero-order valence-electron chi connectivity index (χ0n) is 11.7. The summed E-state index contributed by atoms with van der Waals surface area (Å²) >= 11 is 4.92. The van der Waals surface area contributed by atoms with E-state index in [2.05, 4.69) is 6.92 Å². The third-order valence-electron chi connectivity index (χ3n) is 3.61. The van der Waals surface area contributed by atoms with Crippen LogP contribution in [0.15, 0.2) is 24.3 Å². The molecule has 2 rings (SSSR count). The first-order chi connectivity index (χ1) is 9.61. The van der Waals surface area contributed by atoms with Gasteiger partial charge < -0.3 is 15.4 Å². The van der Waals surface area contributed by atoms with Crippen molar-refractivity contribution in [1.29, 1.82) is 0 Å². The van der Waals surface area contributed by atoms with Gasteiger partial charge in [0.05, 0.1) is 25.7 Å². The van der Waals surface area contributed by atoms with Crippen molar-refractivity contribution in [2.75, 3.05) is 19.8 Å². The van der Waals surface area contributed by atoms with Gasteiger partial charge in [-0.25, -0.2) is 0 Å². The summed E-state index contributed by atoms with van der Waals surface area (Å²) in [6.45, 7) is 4.03. The van der Waals surface area contributed by atoms with Crippen molar-refractivity contribution in [1.82, 2.24) is 4.90 Å². The van der Waals surface area contributed by atoms with E-state index in [1.807, 2.05) is 29.2 Å². The molecule has 1 atom stereocenters. The lowest BCUT2D eigenvalue weighted by Crippen LogP contribution is -2.48. The summed E-state index contributed by atoms with van der Waals surface area (Å²) < 4.78 is 5.42. The van der Waals surface area contributed by atoms with Gasteiger partial charge in [-0.15, -0.1) is 0 Å². The van der Waals surface area contributed by atoms with Crippen LogP contribution in [0.25, 0.3) is 0 Å². The molecule has 1 aromatic rings. The Balaban J connectivity index is 2.01. The third kappa shape index (κ3) is 3.55. The smallest absolute Gasteiger partial charge is 0.227 e. The fourth-order valence-electron chi connectivity index (χ4n) is 2.38. The van der Waals surface area contributed by atoms with Gasteiger partial charge in [0.2, 0.25) is 5.91 Å². The summed E-state index contributed by atoms with van der Waals surface area (Å²) in [7, 11) is 0. The van der Waals surface area contributed by atoms with Crippen molar-refractivity contribution in [3.05, 3.63) is 35.4 Å². The van der Waals surface area contributed by atoms with E-state index in [4.69, 9.17) is 22.7 Å². The van der Waals surface area contributed by atoms with Gasteiger partial charge in [0.1, 0.15) is 4.99 Å². The zero-order valence-corrected chi connectivity index (χ0v) is 12.5. The van der Waals surface area contributed by atoms with Crippen LogP contribution in [0.4, 0.5) is 0 Å². The predicted octanol–water partition coefficient (Wildman–Crippen LogP) is 1.50. The molecule has 1 unspecified atom stereocenters. The molecule has 1 aromatic carbocycles. The van der Waals surface area contributed by atoms with Crippen LogP contribution in [0, 0.1) is 0 Å². The van der Waals surface area contributed by atoms with Gasteiger partial charge in [-0.05, 0) is 12.0 Å². The average Bonchev–Trinajstić information content (AvgIpc) is 2.47. The highest BCUT2D eigenvalue weighted by Gasteiger charge is 2.25. The van der Waals surface area contributed by atoms with Crippen molar-refractivity contribution in [3.63, 3.8) is 0 Å². The molecule has 0 aliphatic carbocycles. The van der Waals surface area contributed by atoms with Crippen LogP contribution in [0.1, 0.15) is 24.5 Å². The van der Waals surface area contributed by atoms with Crippen molar-refractivity contribution in [2.45, 2.75) is 25.8 Å². The van der Waals surface area contributed by atoms with E-state index in [1.54, 1.807) is 0 Å². The molecule has 1 aliphatic heterocycles. The molecular weight excluding hydrogens is 272 g/mol. The van der Waals surface area contributed by atoms with E-state index in [0.717, 1.165) is 17.5 Å². The fourth-order valence-corrected chi connectivity index (χ4v) is 2.52. The molecule has 1 saturated heterocycles. The number of carbonyl (C=O) groups excluding carboxylic acids is 1. The number of morpholine rings is 1. The van der Waals surface area contributed by atoms with Gasteiger partial charge in [0.25, 0.3) is 0 Å². The summed E-state index contributed by atoms with van der Waals surface area (Å²) in [5, 5.41) is 0. The Hall–Kier alpha value is -1.46. The molecule has 1 aliphatic rings. The minimum absolute atomic E-state index is 0.156. The Morgan fingerprint density at radius 1 is 1.45 bits per heavy atom. The topological polar surface area (TPSA) is 55.6 Å². The van der Waals surface area contributed by atoms with Crippen molar-refractivity contribution in [3.8, 4) is 0 Å². The molecular formula is C15H20N2O2S. The lowest BCUT2D eigenvalue weighted by atomic mass is 10.1. The number of thiocarbonyl (C=S) groups is 1. The number of nitrogens with two attached hydrogens (primary N) is 1. The van der Waals surface area contributed by atoms with Crippen LogP contribution in [0.2, 0.25) is 0 Å². The number of hydrogen-bond acceptors (Lipinski definition) is 3. The Morgan fingerprint density at radius 3 is 2.75 bits per heavy atom. The Labute approximate surface area is 124 Å². The number of benzene rings is 1. The van der Waals surface area contributed by atoms with E-state index in [9.17, 15) is 4.79 Å². The fraction of sp³-hybridized carbons (Fsp3) is 0.467. The van der Waals surface area contributed by atoms with Gasteiger partial charge >= 0.3 is 0 Å². The average molecular weight is 292 g/mol. The molecule has 0 aromatic heterocycles. The van der Waals surface area contributed by atoms with Gasteiger partial charge in [-0.2, -0.15) is 0 Å². The van der Waals surface area contributed by atoms with Crippen LogP contribution in [-0.4, -0.2) is 41.6 Å². The van der Waals surface area contributed by atoms with Crippen LogP contribution < -0.4 is 5.73 Å². The predicted molar refractivity (Wildman–Crippen MR) is 82.6 cm³/mol. The minimum Gasteiger partial charge on any atom is -0.389 e. The first-order valence-corrected chi connectivity index (χ1v) is 7.28. The number of hydrogen-bond donors (Lipinski definition) is 1. The first-order valence-electron chi connectivity index (χ1n) is 6.87. The molecule has 0 radical (unpaired) electrons. The number of carbonyl (C=O) groups is 1. The van der Waals surface area contributed by atoms with Crippen LogP contribution in [-0.2, 0) is 16.0 Å². The molecule has 4 nitrogen and oxygen atoms in total.